The molecule has 2 amide bonds. The summed E-state index contributed by atoms with van der Waals surface area (Å²) in [5.41, 5.74) is 0.318. The summed E-state index contributed by atoms with van der Waals surface area (Å²) >= 11 is 0. The van der Waals surface area contributed by atoms with Crippen LogP contribution in [-0.4, -0.2) is 23.8 Å². The van der Waals surface area contributed by atoms with Gasteiger partial charge in [-0.15, -0.1) is 0 Å². The molecule has 1 aromatic carbocycles. The molecule has 0 atom stereocenters. The van der Waals surface area contributed by atoms with E-state index < -0.39 is 23.2 Å². The largest absolute Gasteiger partial charge is 0.355 e. The standard InChI is InChI=1S/C14H11F2N3O2/c1-17-13(20)8-2-4-9(5-3-8)19-14(21)10-6-7-18-12(16)11(10)15/h2-7H,1H3,(H,17,20)(H,19,21). The summed E-state index contributed by atoms with van der Waals surface area (Å²) in [5.74, 6) is -3.72. The van der Waals surface area contributed by atoms with Gasteiger partial charge in [-0.25, -0.2) is 9.37 Å². The van der Waals surface area contributed by atoms with Gasteiger partial charge in [0, 0.05) is 24.5 Å². The van der Waals surface area contributed by atoms with Gasteiger partial charge in [-0.05, 0) is 30.3 Å². The number of anilines is 1. The predicted molar refractivity (Wildman–Crippen MR) is 71.9 cm³/mol. The topological polar surface area (TPSA) is 71.1 Å². The zero-order chi connectivity index (χ0) is 15.4. The summed E-state index contributed by atoms with van der Waals surface area (Å²) < 4.78 is 26.4. The van der Waals surface area contributed by atoms with E-state index in [1.54, 1.807) is 0 Å². The minimum Gasteiger partial charge on any atom is -0.355 e. The summed E-state index contributed by atoms with van der Waals surface area (Å²) in [4.78, 5) is 26.3. The van der Waals surface area contributed by atoms with Crippen molar-refractivity contribution in [2.75, 3.05) is 12.4 Å². The third-order valence-corrected chi connectivity index (χ3v) is 2.72. The lowest BCUT2D eigenvalue weighted by molar-refractivity contribution is 0.0962. The van der Waals surface area contributed by atoms with Gasteiger partial charge in [0.05, 0.1) is 5.56 Å². The second kappa shape index (κ2) is 6.08. The van der Waals surface area contributed by atoms with Gasteiger partial charge >= 0.3 is 0 Å². The molecule has 108 valence electrons. The number of halogens is 2. The zero-order valence-electron chi connectivity index (χ0n) is 11.0. The van der Waals surface area contributed by atoms with E-state index >= 15 is 0 Å². The van der Waals surface area contributed by atoms with Crippen LogP contribution in [0, 0.1) is 11.8 Å². The molecule has 21 heavy (non-hydrogen) atoms. The number of benzene rings is 1. The number of amides is 2. The minimum atomic E-state index is -1.34. The Morgan fingerprint density at radius 1 is 1.05 bits per heavy atom. The van der Waals surface area contributed by atoms with Gasteiger partial charge in [0.25, 0.3) is 11.8 Å². The second-order valence-electron chi connectivity index (χ2n) is 4.07. The van der Waals surface area contributed by atoms with Crippen molar-refractivity contribution in [3.8, 4) is 0 Å². The molecule has 0 aliphatic rings. The van der Waals surface area contributed by atoms with Gasteiger partial charge < -0.3 is 10.6 Å². The summed E-state index contributed by atoms with van der Waals surface area (Å²) in [6, 6.07) is 7.04. The maximum Gasteiger partial charge on any atom is 0.258 e. The Hall–Kier alpha value is -2.83. The molecule has 0 saturated carbocycles. The van der Waals surface area contributed by atoms with Crippen LogP contribution in [-0.2, 0) is 0 Å². The first kappa shape index (κ1) is 14.6. The average Bonchev–Trinajstić information content (AvgIpc) is 2.50. The molecule has 2 aromatic rings. The third-order valence-electron chi connectivity index (χ3n) is 2.72. The van der Waals surface area contributed by atoms with Crippen LogP contribution in [0.15, 0.2) is 36.5 Å². The molecule has 1 aromatic heterocycles. The summed E-state index contributed by atoms with van der Waals surface area (Å²) in [7, 11) is 1.50. The molecule has 2 N–H and O–H groups in total. The molecule has 0 aliphatic carbocycles. The fourth-order valence-corrected chi connectivity index (χ4v) is 1.64. The number of nitrogens with zero attached hydrogens (tertiary/aromatic N) is 1. The Morgan fingerprint density at radius 2 is 1.71 bits per heavy atom. The second-order valence-corrected chi connectivity index (χ2v) is 4.07. The quantitative estimate of drug-likeness (QED) is 0.849. The van der Waals surface area contributed by atoms with E-state index in [4.69, 9.17) is 0 Å². The maximum atomic E-state index is 13.4. The van der Waals surface area contributed by atoms with Crippen LogP contribution in [0.4, 0.5) is 14.5 Å². The van der Waals surface area contributed by atoms with Crippen molar-refractivity contribution in [2.24, 2.45) is 0 Å². The number of hydrogen-bond acceptors (Lipinski definition) is 3. The van der Waals surface area contributed by atoms with Gasteiger partial charge in [0.2, 0.25) is 5.95 Å². The van der Waals surface area contributed by atoms with E-state index in [1.165, 1.54) is 31.3 Å². The maximum absolute atomic E-state index is 13.4. The highest BCUT2D eigenvalue weighted by Gasteiger charge is 2.16. The predicted octanol–water partition coefficient (Wildman–Crippen LogP) is 1.97. The number of rotatable bonds is 3. The fraction of sp³-hybridized carbons (Fsp3) is 0.0714. The summed E-state index contributed by atoms with van der Waals surface area (Å²) in [6.45, 7) is 0. The number of pyridine rings is 1. The average molecular weight is 291 g/mol. The number of nitrogens with one attached hydrogen (secondary N) is 2. The van der Waals surface area contributed by atoms with Crippen molar-refractivity contribution < 1.29 is 18.4 Å². The molecule has 2 rings (SSSR count). The van der Waals surface area contributed by atoms with Crippen molar-refractivity contribution in [3.05, 3.63) is 59.4 Å². The van der Waals surface area contributed by atoms with Crippen LogP contribution in [0.1, 0.15) is 20.7 Å². The van der Waals surface area contributed by atoms with E-state index in [1.807, 2.05) is 0 Å². The summed E-state index contributed by atoms with van der Waals surface area (Å²) in [5, 5.41) is 4.86. The van der Waals surface area contributed by atoms with Crippen LogP contribution in [0.2, 0.25) is 0 Å². The SMILES string of the molecule is CNC(=O)c1ccc(NC(=O)c2ccnc(F)c2F)cc1. The van der Waals surface area contributed by atoms with Gasteiger partial charge in [-0.1, -0.05) is 0 Å². The normalized spacial score (nSPS) is 10.0. The van der Waals surface area contributed by atoms with Crippen LogP contribution in [0.3, 0.4) is 0 Å². The van der Waals surface area contributed by atoms with Crippen molar-refractivity contribution in [2.45, 2.75) is 0 Å². The number of hydrogen-bond donors (Lipinski definition) is 2. The Labute approximate surface area is 119 Å². The van der Waals surface area contributed by atoms with Crippen LogP contribution in [0.25, 0.3) is 0 Å². The molecule has 0 bridgehead atoms. The molecular formula is C14H11F2N3O2. The van der Waals surface area contributed by atoms with Gasteiger partial charge in [-0.2, -0.15) is 4.39 Å². The fourth-order valence-electron chi connectivity index (χ4n) is 1.64. The van der Waals surface area contributed by atoms with E-state index in [2.05, 4.69) is 15.6 Å². The van der Waals surface area contributed by atoms with Crippen molar-refractivity contribution in [1.29, 1.82) is 0 Å². The molecule has 1 heterocycles. The Kier molecular flexibility index (Phi) is 4.22. The highest BCUT2D eigenvalue weighted by atomic mass is 19.2. The van der Waals surface area contributed by atoms with E-state index in [9.17, 15) is 18.4 Å². The number of carbonyl (C=O) groups is 2. The van der Waals surface area contributed by atoms with E-state index in [-0.39, 0.29) is 5.91 Å². The smallest absolute Gasteiger partial charge is 0.258 e. The first-order valence-corrected chi connectivity index (χ1v) is 5.96. The monoisotopic (exact) mass is 291 g/mol. The number of aromatic nitrogens is 1. The van der Waals surface area contributed by atoms with Crippen LogP contribution >= 0.6 is 0 Å². The molecule has 7 heteroatoms. The third kappa shape index (κ3) is 3.19. The minimum absolute atomic E-state index is 0.268. The Balaban J connectivity index is 2.16. The molecule has 0 radical (unpaired) electrons. The molecular weight excluding hydrogens is 280 g/mol. The molecule has 0 aliphatic heterocycles. The van der Waals surface area contributed by atoms with Crippen molar-refractivity contribution >= 4 is 17.5 Å². The van der Waals surface area contributed by atoms with Gasteiger partial charge in [0.15, 0.2) is 5.82 Å². The Bertz CT molecular complexity index is 687. The molecule has 0 saturated heterocycles. The van der Waals surface area contributed by atoms with Crippen LogP contribution < -0.4 is 10.6 Å². The lowest BCUT2D eigenvalue weighted by Gasteiger charge is -2.07. The molecule has 5 nitrogen and oxygen atoms in total. The van der Waals surface area contributed by atoms with Gasteiger partial charge in [-0.3, -0.25) is 9.59 Å². The van der Waals surface area contributed by atoms with Crippen molar-refractivity contribution in [3.63, 3.8) is 0 Å². The Morgan fingerprint density at radius 3 is 2.33 bits per heavy atom. The molecule has 0 spiro atoms. The first-order valence-electron chi connectivity index (χ1n) is 5.96. The highest BCUT2D eigenvalue weighted by molar-refractivity contribution is 6.04. The van der Waals surface area contributed by atoms with E-state index in [0.717, 1.165) is 12.3 Å². The van der Waals surface area contributed by atoms with E-state index in [0.29, 0.717) is 11.3 Å². The summed E-state index contributed by atoms with van der Waals surface area (Å²) in [6.07, 6.45) is 1.00. The van der Waals surface area contributed by atoms with Gasteiger partial charge in [0.1, 0.15) is 0 Å². The first-order chi connectivity index (χ1) is 10.0. The van der Waals surface area contributed by atoms with Crippen LogP contribution in [0.5, 0.6) is 0 Å². The van der Waals surface area contributed by atoms with Crippen molar-refractivity contribution in [1.82, 2.24) is 10.3 Å². The molecule has 0 unspecified atom stereocenters. The lowest BCUT2D eigenvalue weighted by atomic mass is 10.2. The number of carbonyl (C=O) groups excluding carboxylic acids is 2. The highest BCUT2D eigenvalue weighted by Crippen LogP contribution is 2.14. The lowest BCUT2D eigenvalue weighted by Crippen LogP contribution is -2.18. The zero-order valence-corrected chi connectivity index (χ0v) is 11.0. The molecule has 0 fully saturated rings.